The van der Waals surface area contributed by atoms with Gasteiger partial charge < -0.3 is 14.2 Å². The van der Waals surface area contributed by atoms with E-state index >= 15 is 0 Å². The summed E-state index contributed by atoms with van der Waals surface area (Å²) < 4.78 is 19.0. The predicted octanol–water partition coefficient (Wildman–Crippen LogP) is 4.94. The van der Waals surface area contributed by atoms with Crippen molar-refractivity contribution in [3.8, 4) is 11.5 Å². The number of nitrogens with zero attached hydrogens (tertiary/aromatic N) is 2. The molecule has 0 spiro atoms. The normalized spacial score (nSPS) is 14.7. The lowest BCUT2D eigenvalue weighted by Crippen LogP contribution is -2.39. The molecule has 0 aliphatic carbocycles. The van der Waals surface area contributed by atoms with E-state index < -0.39 is 12.0 Å². The summed E-state index contributed by atoms with van der Waals surface area (Å²) in [5.41, 5.74) is 3.32. The predicted molar refractivity (Wildman–Crippen MR) is 160 cm³/mol. The van der Waals surface area contributed by atoms with Crippen LogP contribution in [0.3, 0.4) is 0 Å². The second-order valence-electron chi connectivity index (χ2n) is 9.31. The monoisotopic (exact) mass is 566 g/mol. The van der Waals surface area contributed by atoms with Crippen LogP contribution >= 0.6 is 11.3 Å². The van der Waals surface area contributed by atoms with E-state index in [0.717, 1.165) is 22.4 Å². The first-order valence-electron chi connectivity index (χ1n) is 13.3. The second-order valence-corrected chi connectivity index (χ2v) is 10.3. The summed E-state index contributed by atoms with van der Waals surface area (Å²) in [6, 6.07) is 24.2. The quantitative estimate of drug-likeness (QED) is 0.201. The number of aromatic nitrogens is 1. The van der Waals surface area contributed by atoms with Gasteiger partial charge in [0.25, 0.3) is 5.56 Å². The van der Waals surface area contributed by atoms with Crippen LogP contribution in [-0.2, 0) is 16.1 Å². The van der Waals surface area contributed by atoms with E-state index in [2.05, 4.69) is 11.6 Å². The summed E-state index contributed by atoms with van der Waals surface area (Å²) in [6.45, 7) is 8.26. The first-order valence-corrected chi connectivity index (χ1v) is 14.1. The van der Waals surface area contributed by atoms with E-state index in [4.69, 9.17) is 14.2 Å². The van der Waals surface area contributed by atoms with Gasteiger partial charge in [-0.05, 0) is 60.9 Å². The number of allylic oxidation sites excluding steroid dienone is 1. The van der Waals surface area contributed by atoms with Gasteiger partial charge in [0.2, 0.25) is 0 Å². The van der Waals surface area contributed by atoms with Crippen molar-refractivity contribution in [2.24, 2.45) is 4.99 Å². The average Bonchev–Trinajstić information content (AvgIpc) is 3.29. The van der Waals surface area contributed by atoms with Crippen LogP contribution in [0.4, 0.5) is 0 Å². The van der Waals surface area contributed by atoms with Gasteiger partial charge in [0.1, 0.15) is 24.7 Å². The topological polar surface area (TPSA) is 79.1 Å². The number of hydrogen-bond donors (Lipinski definition) is 0. The van der Waals surface area contributed by atoms with Crippen LogP contribution in [0.2, 0.25) is 0 Å². The molecular weight excluding hydrogens is 536 g/mol. The molecule has 1 aromatic heterocycles. The molecule has 4 aromatic rings. The molecule has 1 aliphatic rings. The zero-order chi connectivity index (χ0) is 28.8. The van der Waals surface area contributed by atoms with Crippen LogP contribution in [0.5, 0.6) is 11.5 Å². The van der Waals surface area contributed by atoms with Gasteiger partial charge in [-0.1, -0.05) is 78.6 Å². The third-order valence-corrected chi connectivity index (χ3v) is 7.49. The van der Waals surface area contributed by atoms with Gasteiger partial charge in [0.05, 0.1) is 28.5 Å². The van der Waals surface area contributed by atoms with Crippen molar-refractivity contribution in [3.63, 3.8) is 0 Å². The highest BCUT2D eigenvalue weighted by atomic mass is 32.1. The molecule has 0 saturated carbocycles. The fraction of sp³-hybridized carbons (Fsp3) is 0.182. The standard InChI is InChI=1S/C33H30N2O5S/c1-4-19-39-26-17-13-25(14-18-26)30-29(32(37)38-5-2)22(3)34-33-35(30)31(36)28(41-33)20-23-11-15-27(16-12-23)40-21-24-9-7-6-8-10-24/h4,6-18,20,30H,1,5,19,21H2,2-3H3/b28-20-. The fourth-order valence-corrected chi connectivity index (χ4v) is 5.61. The van der Waals surface area contributed by atoms with Gasteiger partial charge in [0, 0.05) is 0 Å². The van der Waals surface area contributed by atoms with E-state index in [1.54, 1.807) is 24.5 Å². The SMILES string of the molecule is C=CCOc1ccc(C2C(C(=O)OCC)=C(C)N=c3s/c(=C\c4ccc(OCc5ccccc5)cc4)c(=O)n32)cc1. The molecule has 0 amide bonds. The van der Waals surface area contributed by atoms with Crippen molar-refractivity contribution < 1.29 is 19.0 Å². The lowest BCUT2D eigenvalue weighted by atomic mass is 9.96. The number of benzene rings is 3. The van der Waals surface area contributed by atoms with Crippen LogP contribution in [0.1, 0.15) is 36.6 Å². The Bertz CT molecular complexity index is 1750. The van der Waals surface area contributed by atoms with Gasteiger partial charge in [-0.25, -0.2) is 9.79 Å². The zero-order valence-corrected chi connectivity index (χ0v) is 23.7. The molecule has 1 aliphatic heterocycles. The first kappa shape index (κ1) is 27.9. The van der Waals surface area contributed by atoms with Crippen LogP contribution in [0.15, 0.2) is 113 Å². The van der Waals surface area contributed by atoms with Gasteiger partial charge in [-0.15, -0.1) is 0 Å². The van der Waals surface area contributed by atoms with Crippen LogP contribution in [0.25, 0.3) is 6.08 Å². The maximum absolute atomic E-state index is 13.8. The van der Waals surface area contributed by atoms with Gasteiger partial charge in [-0.2, -0.15) is 0 Å². The molecule has 208 valence electrons. The molecule has 8 heteroatoms. The summed E-state index contributed by atoms with van der Waals surface area (Å²) >= 11 is 1.29. The molecule has 7 nitrogen and oxygen atoms in total. The molecule has 5 rings (SSSR count). The molecule has 1 unspecified atom stereocenters. The summed E-state index contributed by atoms with van der Waals surface area (Å²) in [4.78, 5) is 32.1. The Labute approximate surface area is 242 Å². The Morgan fingerprint density at radius 2 is 1.68 bits per heavy atom. The minimum atomic E-state index is -0.685. The van der Waals surface area contributed by atoms with E-state index in [1.807, 2.05) is 84.9 Å². The minimum absolute atomic E-state index is 0.214. The Balaban J connectivity index is 1.49. The molecule has 41 heavy (non-hydrogen) atoms. The summed E-state index contributed by atoms with van der Waals surface area (Å²) in [6.07, 6.45) is 3.50. The molecule has 0 radical (unpaired) electrons. The largest absolute Gasteiger partial charge is 0.490 e. The molecule has 1 atom stereocenters. The minimum Gasteiger partial charge on any atom is -0.490 e. The Morgan fingerprint density at radius 3 is 2.37 bits per heavy atom. The number of rotatable bonds is 10. The van der Waals surface area contributed by atoms with E-state index in [1.165, 1.54) is 11.3 Å². The van der Waals surface area contributed by atoms with Gasteiger partial charge in [0.15, 0.2) is 4.80 Å². The Kier molecular flexibility index (Phi) is 8.60. The molecule has 2 heterocycles. The van der Waals surface area contributed by atoms with Crippen molar-refractivity contribution >= 4 is 23.4 Å². The molecule has 0 saturated heterocycles. The second kappa shape index (κ2) is 12.7. The first-order chi connectivity index (χ1) is 20.0. The maximum atomic E-state index is 13.8. The fourth-order valence-electron chi connectivity index (χ4n) is 4.56. The zero-order valence-electron chi connectivity index (χ0n) is 22.9. The highest BCUT2D eigenvalue weighted by molar-refractivity contribution is 7.07. The molecule has 0 bridgehead atoms. The number of fused-ring (bicyclic) bond motifs is 1. The molecule has 3 aromatic carbocycles. The molecule has 0 fully saturated rings. The molecular formula is C33H30N2O5S. The number of thiazole rings is 1. The summed E-state index contributed by atoms with van der Waals surface area (Å²) in [7, 11) is 0. The van der Waals surface area contributed by atoms with E-state index in [-0.39, 0.29) is 12.2 Å². The number of carbonyl (C=O) groups is 1. The van der Waals surface area contributed by atoms with Crippen molar-refractivity contribution in [3.05, 3.63) is 139 Å². The van der Waals surface area contributed by atoms with Crippen molar-refractivity contribution in [2.45, 2.75) is 26.5 Å². The van der Waals surface area contributed by atoms with Crippen molar-refractivity contribution in [2.75, 3.05) is 13.2 Å². The van der Waals surface area contributed by atoms with E-state index in [9.17, 15) is 9.59 Å². The Hall–Kier alpha value is -4.69. The lowest BCUT2D eigenvalue weighted by molar-refractivity contribution is -0.139. The third kappa shape index (κ3) is 6.23. The summed E-state index contributed by atoms with van der Waals surface area (Å²) in [5, 5.41) is 0. The van der Waals surface area contributed by atoms with Gasteiger partial charge >= 0.3 is 5.97 Å². The summed E-state index contributed by atoms with van der Waals surface area (Å²) in [5.74, 6) is 0.907. The van der Waals surface area contributed by atoms with Crippen LogP contribution in [0, 0.1) is 0 Å². The van der Waals surface area contributed by atoms with Crippen molar-refractivity contribution in [1.29, 1.82) is 0 Å². The van der Waals surface area contributed by atoms with Crippen LogP contribution < -0.4 is 24.4 Å². The number of ether oxygens (including phenoxy) is 3. The highest BCUT2D eigenvalue weighted by Gasteiger charge is 2.33. The maximum Gasteiger partial charge on any atom is 0.338 e. The molecule has 0 N–H and O–H groups in total. The number of esters is 1. The average molecular weight is 567 g/mol. The number of hydrogen-bond acceptors (Lipinski definition) is 7. The van der Waals surface area contributed by atoms with Crippen molar-refractivity contribution in [1.82, 2.24) is 4.57 Å². The van der Waals surface area contributed by atoms with Gasteiger partial charge in [-0.3, -0.25) is 9.36 Å². The highest BCUT2D eigenvalue weighted by Crippen LogP contribution is 2.31. The smallest absolute Gasteiger partial charge is 0.338 e. The number of carbonyl (C=O) groups excluding carboxylic acids is 1. The van der Waals surface area contributed by atoms with Crippen LogP contribution in [-0.4, -0.2) is 23.8 Å². The third-order valence-electron chi connectivity index (χ3n) is 6.51. The lowest BCUT2D eigenvalue weighted by Gasteiger charge is -2.24. The van der Waals surface area contributed by atoms with E-state index in [0.29, 0.717) is 39.6 Å². The Morgan fingerprint density at radius 1 is 1.00 bits per heavy atom.